The lowest BCUT2D eigenvalue weighted by Crippen LogP contribution is -2.39. The largest absolute Gasteiger partial charge is 0.416 e. The van der Waals surface area contributed by atoms with Gasteiger partial charge in [0.25, 0.3) is 11.8 Å². The number of halogens is 3. The molecule has 4 heterocycles. The average Bonchev–Trinajstić information content (AvgIpc) is 3.23. The van der Waals surface area contributed by atoms with Crippen molar-refractivity contribution in [2.24, 2.45) is 5.92 Å². The van der Waals surface area contributed by atoms with Crippen LogP contribution in [-0.4, -0.2) is 45.7 Å². The van der Waals surface area contributed by atoms with E-state index in [1.54, 1.807) is 4.90 Å². The number of amides is 2. The molecule has 1 fully saturated rings. The van der Waals surface area contributed by atoms with Crippen LogP contribution >= 0.6 is 11.8 Å². The van der Waals surface area contributed by atoms with E-state index in [4.69, 9.17) is 0 Å². The second-order valence-corrected chi connectivity index (χ2v) is 10.6. The zero-order valence-corrected chi connectivity index (χ0v) is 21.4. The first-order valence-corrected chi connectivity index (χ1v) is 13.1. The molecule has 194 valence electrons. The fourth-order valence-electron chi connectivity index (χ4n) is 4.89. The van der Waals surface area contributed by atoms with Crippen LogP contribution in [0.2, 0.25) is 0 Å². The predicted octanol–water partition coefficient (Wildman–Crippen LogP) is 5.48. The molecule has 2 aromatic heterocycles. The Kier molecular flexibility index (Phi) is 6.78. The number of hydrogen-bond donors (Lipinski definition) is 1. The molecular weight excluding hydrogens is 501 g/mol. The average molecular weight is 529 g/mol. The molecule has 10 heteroatoms. The smallest absolute Gasteiger partial charge is 0.352 e. The number of nitrogens with one attached hydrogen (secondary N) is 1. The van der Waals surface area contributed by atoms with E-state index in [9.17, 15) is 22.8 Å². The SMILES string of the molecule is Cc1nc2c(C)ccc3n2c1C=C(C(=O)NCCC1CCN(C(=O)c2ccc(C(F)(F)F)cc2)CC1)S3. The normalized spacial score (nSPS) is 16.1. The molecule has 0 unspecified atom stereocenters. The van der Waals surface area contributed by atoms with Crippen molar-refractivity contribution < 1.29 is 22.8 Å². The van der Waals surface area contributed by atoms with Crippen LogP contribution in [0.15, 0.2) is 46.3 Å². The Morgan fingerprint density at radius 3 is 2.46 bits per heavy atom. The fourth-order valence-corrected chi connectivity index (χ4v) is 5.86. The number of piperidine rings is 1. The second kappa shape index (κ2) is 9.89. The van der Waals surface area contributed by atoms with E-state index >= 15 is 0 Å². The van der Waals surface area contributed by atoms with Gasteiger partial charge in [-0.1, -0.05) is 17.8 Å². The lowest BCUT2D eigenvalue weighted by molar-refractivity contribution is -0.137. The maximum atomic E-state index is 12.9. The van der Waals surface area contributed by atoms with Gasteiger partial charge in [0.1, 0.15) is 5.65 Å². The molecule has 3 aromatic rings. The summed E-state index contributed by atoms with van der Waals surface area (Å²) in [5.74, 6) is 0.00678. The summed E-state index contributed by atoms with van der Waals surface area (Å²) >= 11 is 1.43. The number of carbonyl (C=O) groups excluding carboxylic acids is 2. The molecule has 1 aromatic carbocycles. The summed E-state index contributed by atoms with van der Waals surface area (Å²) in [4.78, 5) is 32.6. The molecule has 2 aliphatic rings. The van der Waals surface area contributed by atoms with Crippen molar-refractivity contribution in [1.29, 1.82) is 0 Å². The first-order chi connectivity index (χ1) is 17.6. The number of hydrogen-bond acceptors (Lipinski definition) is 4. The first kappa shape index (κ1) is 25.4. The Labute approximate surface area is 216 Å². The number of carbonyl (C=O) groups is 2. The number of nitrogens with zero attached hydrogens (tertiary/aromatic N) is 3. The Hall–Kier alpha value is -3.27. The number of benzene rings is 1. The zero-order chi connectivity index (χ0) is 26.3. The lowest BCUT2D eigenvalue weighted by Gasteiger charge is -2.32. The van der Waals surface area contributed by atoms with E-state index in [0.717, 1.165) is 59.0 Å². The number of likely N-dealkylation sites (tertiary alicyclic amines) is 1. The highest BCUT2D eigenvalue weighted by Crippen LogP contribution is 2.36. The molecule has 0 aliphatic carbocycles. The topological polar surface area (TPSA) is 66.7 Å². The van der Waals surface area contributed by atoms with Gasteiger partial charge in [0.15, 0.2) is 0 Å². The van der Waals surface area contributed by atoms with Crippen molar-refractivity contribution in [3.63, 3.8) is 0 Å². The van der Waals surface area contributed by atoms with Crippen LogP contribution in [0, 0.1) is 19.8 Å². The van der Waals surface area contributed by atoms with Gasteiger partial charge in [0.2, 0.25) is 0 Å². The van der Waals surface area contributed by atoms with Gasteiger partial charge < -0.3 is 10.2 Å². The van der Waals surface area contributed by atoms with Gasteiger partial charge in [-0.2, -0.15) is 13.2 Å². The second-order valence-electron chi connectivity index (χ2n) is 9.56. The minimum absolute atomic E-state index is 0.111. The summed E-state index contributed by atoms with van der Waals surface area (Å²) in [6.07, 6.45) is -0.139. The Morgan fingerprint density at radius 2 is 1.78 bits per heavy atom. The molecule has 1 N–H and O–H groups in total. The third-order valence-electron chi connectivity index (χ3n) is 7.05. The van der Waals surface area contributed by atoms with Crippen LogP contribution in [-0.2, 0) is 11.0 Å². The number of aryl methyl sites for hydroxylation is 2. The molecule has 5 rings (SSSR count). The number of rotatable bonds is 5. The fraction of sp³-hybridized carbons (Fsp3) is 0.370. The molecule has 0 bridgehead atoms. The third kappa shape index (κ3) is 5.12. The van der Waals surface area contributed by atoms with Crippen molar-refractivity contribution in [2.45, 2.75) is 44.3 Å². The molecular formula is C27H27F3N4O2S. The van der Waals surface area contributed by atoms with Crippen LogP contribution in [0.1, 0.15) is 52.1 Å². The van der Waals surface area contributed by atoms with E-state index < -0.39 is 11.7 Å². The summed E-state index contributed by atoms with van der Waals surface area (Å²) in [6.45, 7) is 5.60. The van der Waals surface area contributed by atoms with Crippen LogP contribution in [0.5, 0.6) is 0 Å². The quantitative estimate of drug-likeness (QED) is 0.477. The monoisotopic (exact) mass is 528 g/mol. The highest BCUT2D eigenvalue weighted by Gasteiger charge is 2.31. The Bertz CT molecular complexity index is 1390. The summed E-state index contributed by atoms with van der Waals surface area (Å²) in [5.41, 5.74) is 3.32. The summed E-state index contributed by atoms with van der Waals surface area (Å²) in [5, 5.41) is 4.00. The number of thioether (sulfide) groups is 1. The Balaban J connectivity index is 1.11. The standard InChI is InChI=1S/C27H27F3N4O2S/c1-16-3-8-23-34-21(17(2)32-24(16)34)15-22(37-23)25(35)31-12-9-18-10-13-33(14-11-18)26(36)19-4-6-20(7-5-19)27(28,29)30/h3-8,15,18H,9-14H2,1-2H3,(H,31,35). The highest BCUT2D eigenvalue weighted by molar-refractivity contribution is 8.04. The van der Waals surface area contributed by atoms with Crippen LogP contribution in [0.3, 0.4) is 0 Å². The minimum atomic E-state index is -4.42. The van der Waals surface area contributed by atoms with Gasteiger partial charge in [-0.05, 0) is 81.0 Å². The molecule has 0 atom stereocenters. The number of aromatic nitrogens is 2. The van der Waals surface area contributed by atoms with E-state index in [1.165, 1.54) is 23.9 Å². The molecule has 2 aliphatic heterocycles. The zero-order valence-electron chi connectivity index (χ0n) is 20.6. The Morgan fingerprint density at radius 1 is 1.08 bits per heavy atom. The number of imidazole rings is 1. The van der Waals surface area contributed by atoms with Crippen LogP contribution < -0.4 is 5.32 Å². The lowest BCUT2D eigenvalue weighted by atomic mass is 9.93. The van der Waals surface area contributed by atoms with Gasteiger partial charge in [-0.25, -0.2) is 4.98 Å². The molecule has 1 saturated heterocycles. The van der Waals surface area contributed by atoms with Gasteiger partial charge in [-0.15, -0.1) is 0 Å². The maximum absolute atomic E-state index is 12.9. The molecule has 37 heavy (non-hydrogen) atoms. The van der Waals surface area contributed by atoms with Gasteiger partial charge >= 0.3 is 6.18 Å². The minimum Gasteiger partial charge on any atom is -0.352 e. The number of alkyl halides is 3. The van der Waals surface area contributed by atoms with Crippen molar-refractivity contribution in [1.82, 2.24) is 19.6 Å². The summed E-state index contributed by atoms with van der Waals surface area (Å²) in [6, 6.07) is 8.39. The van der Waals surface area contributed by atoms with Crippen molar-refractivity contribution in [3.8, 4) is 0 Å². The van der Waals surface area contributed by atoms with E-state index in [-0.39, 0.29) is 17.4 Å². The van der Waals surface area contributed by atoms with Crippen molar-refractivity contribution in [2.75, 3.05) is 19.6 Å². The molecule has 6 nitrogen and oxygen atoms in total. The predicted molar refractivity (Wildman–Crippen MR) is 136 cm³/mol. The van der Waals surface area contributed by atoms with Crippen LogP contribution in [0.25, 0.3) is 11.7 Å². The molecule has 0 radical (unpaired) electrons. The molecule has 2 amide bonds. The van der Waals surface area contributed by atoms with Gasteiger partial charge in [-0.3, -0.25) is 14.0 Å². The molecule has 0 saturated carbocycles. The number of pyridine rings is 1. The highest BCUT2D eigenvalue weighted by atomic mass is 32.2. The van der Waals surface area contributed by atoms with E-state index in [1.807, 2.05) is 32.1 Å². The van der Waals surface area contributed by atoms with Crippen molar-refractivity contribution in [3.05, 3.63) is 69.4 Å². The van der Waals surface area contributed by atoms with Crippen LogP contribution in [0.4, 0.5) is 13.2 Å². The maximum Gasteiger partial charge on any atom is 0.416 e. The van der Waals surface area contributed by atoms with E-state index in [0.29, 0.717) is 30.5 Å². The first-order valence-electron chi connectivity index (χ1n) is 12.2. The summed E-state index contributed by atoms with van der Waals surface area (Å²) < 4.78 is 40.4. The van der Waals surface area contributed by atoms with Gasteiger partial charge in [0.05, 0.1) is 26.9 Å². The molecule has 0 spiro atoms. The van der Waals surface area contributed by atoms with Gasteiger partial charge in [0, 0.05) is 25.2 Å². The third-order valence-corrected chi connectivity index (χ3v) is 8.10. The summed E-state index contributed by atoms with van der Waals surface area (Å²) in [7, 11) is 0. The van der Waals surface area contributed by atoms with E-state index in [2.05, 4.69) is 14.7 Å². The van der Waals surface area contributed by atoms with Crippen molar-refractivity contribution >= 4 is 35.3 Å².